The Kier molecular flexibility index (Phi) is 5.18. The number of nitrogens with zero attached hydrogens (tertiary/aromatic N) is 2. The van der Waals surface area contributed by atoms with Gasteiger partial charge in [-0.15, -0.1) is 11.3 Å². The summed E-state index contributed by atoms with van der Waals surface area (Å²) in [7, 11) is 2.02. The standard InChI is InChI=1S/C11H21N3OS/c1-8(2)15-6-5-14(4)11-13-10(7-16-11)9(3)12/h7-9H,5-6,12H2,1-4H3. The first-order valence-electron chi connectivity index (χ1n) is 5.54. The van der Waals surface area contributed by atoms with Crippen molar-refractivity contribution in [2.75, 3.05) is 25.1 Å². The number of thiazole rings is 1. The molecule has 1 rings (SSSR count). The fourth-order valence-corrected chi connectivity index (χ4v) is 2.10. The van der Waals surface area contributed by atoms with Crippen LogP contribution in [0.15, 0.2) is 5.38 Å². The van der Waals surface area contributed by atoms with Gasteiger partial charge in [0, 0.05) is 25.0 Å². The smallest absolute Gasteiger partial charge is 0.185 e. The molecule has 16 heavy (non-hydrogen) atoms. The Balaban J connectivity index is 2.43. The van der Waals surface area contributed by atoms with Gasteiger partial charge in [-0.3, -0.25) is 0 Å². The predicted molar refractivity (Wildman–Crippen MR) is 69.1 cm³/mol. The zero-order valence-corrected chi connectivity index (χ0v) is 11.3. The second-order valence-corrected chi connectivity index (χ2v) is 5.02. The van der Waals surface area contributed by atoms with Crippen LogP contribution in [0.25, 0.3) is 0 Å². The number of nitrogens with two attached hydrogens (primary N) is 1. The van der Waals surface area contributed by atoms with Gasteiger partial charge in [-0.1, -0.05) is 0 Å². The van der Waals surface area contributed by atoms with Crippen molar-refractivity contribution in [3.63, 3.8) is 0 Å². The number of ether oxygens (including phenoxy) is 1. The van der Waals surface area contributed by atoms with Crippen molar-refractivity contribution >= 4 is 16.5 Å². The van der Waals surface area contributed by atoms with Gasteiger partial charge in [0.1, 0.15) is 0 Å². The number of likely N-dealkylation sites (N-methyl/N-ethyl adjacent to an activating group) is 1. The monoisotopic (exact) mass is 243 g/mol. The molecular weight excluding hydrogens is 222 g/mol. The highest BCUT2D eigenvalue weighted by atomic mass is 32.1. The average Bonchev–Trinajstić information content (AvgIpc) is 2.65. The molecule has 1 atom stereocenters. The van der Waals surface area contributed by atoms with E-state index in [2.05, 4.69) is 9.88 Å². The minimum Gasteiger partial charge on any atom is -0.377 e. The molecule has 0 bridgehead atoms. The Hall–Kier alpha value is -0.650. The second-order valence-electron chi connectivity index (χ2n) is 4.18. The summed E-state index contributed by atoms with van der Waals surface area (Å²) in [6.07, 6.45) is 0.282. The van der Waals surface area contributed by atoms with Crippen LogP contribution in [0.1, 0.15) is 32.5 Å². The molecule has 1 aromatic heterocycles. The van der Waals surface area contributed by atoms with Crippen LogP contribution in [0.5, 0.6) is 0 Å². The summed E-state index contributed by atoms with van der Waals surface area (Å²) in [5, 5.41) is 3.01. The summed E-state index contributed by atoms with van der Waals surface area (Å²) in [6, 6.07) is 0.00492. The highest BCUT2D eigenvalue weighted by Crippen LogP contribution is 2.21. The molecule has 0 fully saturated rings. The fraction of sp³-hybridized carbons (Fsp3) is 0.727. The van der Waals surface area contributed by atoms with E-state index in [-0.39, 0.29) is 12.1 Å². The summed E-state index contributed by atoms with van der Waals surface area (Å²) in [4.78, 5) is 6.57. The molecule has 0 spiro atoms. The minimum atomic E-state index is 0.00492. The number of hydrogen-bond acceptors (Lipinski definition) is 5. The topological polar surface area (TPSA) is 51.4 Å². The lowest BCUT2D eigenvalue weighted by Gasteiger charge is -2.16. The van der Waals surface area contributed by atoms with E-state index in [0.717, 1.165) is 24.0 Å². The van der Waals surface area contributed by atoms with E-state index in [1.165, 1.54) is 0 Å². The molecule has 1 aromatic rings. The molecule has 92 valence electrons. The van der Waals surface area contributed by atoms with Gasteiger partial charge in [0.05, 0.1) is 18.4 Å². The van der Waals surface area contributed by atoms with Crippen LogP contribution in [0.4, 0.5) is 5.13 Å². The molecule has 5 heteroatoms. The van der Waals surface area contributed by atoms with E-state index in [1.54, 1.807) is 11.3 Å². The molecule has 0 aromatic carbocycles. The van der Waals surface area contributed by atoms with Gasteiger partial charge in [0.25, 0.3) is 0 Å². The van der Waals surface area contributed by atoms with E-state index in [1.807, 2.05) is 33.2 Å². The van der Waals surface area contributed by atoms with Crippen LogP contribution < -0.4 is 10.6 Å². The molecule has 0 radical (unpaired) electrons. The van der Waals surface area contributed by atoms with Crippen LogP contribution in [0, 0.1) is 0 Å². The zero-order valence-electron chi connectivity index (χ0n) is 10.4. The summed E-state index contributed by atoms with van der Waals surface area (Å²) in [5.74, 6) is 0. The van der Waals surface area contributed by atoms with E-state index in [4.69, 9.17) is 10.5 Å². The van der Waals surface area contributed by atoms with Gasteiger partial charge in [0.2, 0.25) is 0 Å². The van der Waals surface area contributed by atoms with E-state index < -0.39 is 0 Å². The zero-order chi connectivity index (χ0) is 12.1. The lowest BCUT2D eigenvalue weighted by atomic mass is 10.3. The van der Waals surface area contributed by atoms with Crippen LogP contribution in [-0.4, -0.2) is 31.3 Å². The van der Waals surface area contributed by atoms with Crippen molar-refractivity contribution in [2.24, 2.45) is 5.73 Å². The fourth-order valence-electron chi connectivity index (χ4n) is 1.18. The molecule has 0 amide bonds. The van der Waals surface area contributed by atoms with Crippen LogP contribution >= 0.6 is 11.3 Å². The Labute approximate surface area is 101 Å². The largest absolute Gasteiger partial charge is 0.377 e. The average molecular weight is 243 g/mol. The molecule has 1 heterocycles. The van der Waals surface area contributed by atoms with Crippen molar-refractivity contribution in [1.29, 1.82) is 0 Å². The van der Waals surface area contributed by atoms with E-state index in [9.17, 15) is 0 Å². The number of hydrogen-bond donors (Lipinski definition) is 1. The van der Waals surface area contributed by atoms with Gasteiger partial charge in [0.15, 0.2) is 5.13 Å². The number of rotatable bonds is 6. The number of anilines is 1. The first-order chi connectivity index (χ1) is 7.50. The highest BCUT2D eigenvalue weighted by molar-refractivity contribution is 7.13. The summed E-state index contributed by atoms with van der Waals surface area (Å²) in [6.45, 7) is 7.60. The molecule has 2 N–H and O–H groups in total. The van der Waals surface area contributed by atoms with Gasteiger partial charge >= 0.3 is 0 Å². The third-order valence-corrected chi connectivity index (χ3v) is 3.15. The van der Waals surface area contributed by atoms with Crippen LogP contribution in [-0.2, 0) is 4.74 Å². The SMILES string of the molecule is CC(C)OCCN(C)c1nc(C(C)N)cs1. The van der Waals surface area contributed by atoms with Crippen molar-refractivity contribution in [2.45, 2.75) is 32.9 Å². The van der Waals surface area contributed by atoms with Crippen molar-refractivity contribution in [3.05, 3.63) is 11.1 Å². The molecule has 0 aliphatic heterocycles. The third-order valence-electron chi connectivity index (χ3n) is 2.18. The van der Waals surface area contributed by atoms with Gasteiger partial charge in [-0.2, -0.15) is 0 Å². The summed E-state index contributed by atoms with van der Waals surface area (Å²) >= 11 is 1.62. The highest BCUT2D eigenvalue weighted by Gasteiger charge is 2.09. The van der Waals surface area contributed by atoms with Crippen molar-refractivity contribution in [1.82, 2.24) is 4.98 Å². The Bertz CT molecular complexity index is 312. The maximum absolute atomic E-state index is 5.77. The molecule has 0 aliphatic carbocycles. The molecular formula is C11H21N3OS. The van der Waals surface area contributed by atoms with Gasteiger partial charge in [-0.05, 0) is 20.8 Å². The van der Waals surface area contributed by atoms with E-state index in [0.29, 0.717) is 0 Å². The quantitative estimate of drug-likeness (QED) is 0.830. The second kappa shape index (κ2) is 6.18. The van der Waals surface area contributed by atoms with E-state index >= 15 is 0 Å². The summed E-state index contributed by atoms with van der Waals surface area (Å²) in [5.41, 5.74) is 6.72. The first-order valence-corrected chi connectivity index (χ1v) is 6.42. The normalized spacial score (nSPS) is 13.1. The first kappa shape index (κ1) is 13.4. The molecule has 4 nitrogen and oxygen atoms in total. The Morgan fingerprint density at radius 1 is 1.50 bits per heavy atom. The van der Waals surface area contributed by atoms with Crippen molar-refractivity contribution in [3.8, 4) is 0 Å². The summed E-state index contributed by atoms with van der Waals surface area (Å²) < 4.78 is 5.50. The third kappa shape index (κ3) is 4.08. The maximum Gasteiger partial charge on any atom is 0.185 e. The molecule has 0 aliphatic rings. The lowest BCUT2D eigenvalue weighted by molar-refractivity contribution is 0.0846. The Morgan fingerprint density at radius 2 is 2.19 bits per heavy atom. The number of aromatic nitrogens is 1. The Morgan fingerprint density at radius 3 is 2.69 bits per heavy atom. The molecule has 0 saturated carbocycles. The minimum absolute atomic E-state index is 0.00492. The predicted octanol–water partition coefficient (Wildman–Crippen LogP) is 2.02. The van der Waals surface area contributed by atoms with Gasteiger partial charge in [-0.25, -0.2) is 4.98 Å². The molecule has 0 saturated heterocycles. The molecule has 1 unspecified atom stereocenters. The maximum atomic E-state index is 5.77. The van der Waals surface area contributed by atoms with Crippen molar-refractivity contribution < 1.29 is 4.74 Å². The van der Waals surface area contributed by atoms with Crippen LogP contribution in [0.2, 0.25) is 0 Å². The lowest BCUT2D eigenvalue weighted by Crippen LogP contribution is -2.23. The van der Waals surface area contributed by atoms with Gasteiger partial charge < -0.3 is 15.4 Å². The van der Waals surface area contributed by atoms with Crippen LogP contribution in [0.3, 0.4) is 0 Å².